The Labute approximate surface area is 185 Å². The second-order valence-corrected chi connectivity index (χ2v) is 8.13. The van der Waals surface area contributed by atoms with Crippen LogP contribution in [0.5, 0.6) is 5.88 Å². The molecule has 2 aromatic carbocycles. The first-order valence-electron chi connectivity index (χ1n) is 10.1. The fraction of sp³-hybridized carbons (Fsp3) is 0.160. The van der Waals surface area contributed by atoms with Gasteiger partial charge in [0.1, 0.15) is 6.61 Å². The Kier molecular flexibility index (Phi) is 5.14. The van der Waals surface area contributed by atoms with Crippen molar-refractivity contribution < 1.29 is 4.74 Å². The van der Waals surface area contributed by atoms with E-state index in [-0.39, 0.29) is 0 Å². The largest absolute Gasteiger partial charge is 0.476 e. The van der Waals surface area contributed by atoms with Crippen molar-refractivity contribution in [3.8, 4) is 17.0 Å². The maximum atomic E-state index is 6.32. The highest BCUT2D eigenvalue weighted by molar-refractivity contribution is 6.31. The lowest BCUT2D eigenvalue weighted by Gasteiger charge is -2.16. The van der Waals surface area contributed by atoms with Gasteiger partial charge < -0.3 is 9.64 Å². The Balaban J connectivity index is 1.87. The minimum atomic E-state index is 0.541. The second-order valence-electron chi connectivity index (χ2n) is 7.70. The number of rotatable bonds is 5. The van der Waals surface area contributed by atoms with Crippen LogP contribution in [-0.2, 0) is 0 Å². The predicted molar refractivity (Wildman–Crippen MR) is 127 cm³/mol. The average molecular weight is 429 g/mol. The van der Waals surface area contributed by atoms with Crippen molar-refractivity contribution in [3.63, 3.8) is 0 Å². The van der Waals surface area contributed by atoms with E-state index in [1.807, 2.05) is 62.6 Å². The van der Waals surface area contributed by atoms with Gasteiger partial charge >= 0.3 is 0 Å². The molecule has 0 aliphatic carbocycles. The van der Waals surface area contributed by atoms with Crippen molar-refractivity contribution in [2.45, 2.75) is 0 Å². The van der Waals surface area contributed by atoms with Gasteiger partial charge in [-0.15, -0.1) is 0 Å². The molecule has 6 heteroatoms. The van der Waals surface area contributed by atoms with Gasteiger partial charge in [-0.1, -0.05) is 23.7 Å². The van der Waals surface area contributed by atoms with E-state index >= 15 is 0 Å². The van der Waals surface area contributed by atoms with Crippen molar-refractivity contribution >= 4 is 44.3 Å². The number of fused-ring (bicyclic) bond motifs is 5. The van der Waals surface area contributed by atoms with Gasteiger partial charge in [0.15, 0.2) is 0 Å². The molecular formula is C25H21ClN4O. The lowest BCUT2D eigenvalue weighted by atomic mass is 9.96. The van der Waals surface area contributed by atoms with E-state index in [9.17, 15) is 0 Å². The van der Waals surface area contributed by atoms with Crippen LogP contribution in [0.4, 0.5) is 0 Å². The third-order valence-electron chi connectivity index (χ3n) is 5.28. The molecule has 5 aromatic rings. The molecular weight excluding hydrogens is 408 g/mol. The molecule has 3 heterocycles. The summed E-state index contributed by atoms with van der Waals surface area (Å²) in [6.45, 7) is 1.34. The molecule has 0 N–H and O–H groups in total. The molecule has 5 nitrogen and oxygen atoms in total. The van der Waals surface area contributed by atoms with Crippen molar-refractivity contribution in [2.24, 2.45) is 0 Å². The van der Waals surface area contributed by atoms with Gasteiger partial charge in [0.2, 0.25) is 5.88 Å². The summed E-state index contributed by atoms with van der Waals surface area (Å²) in [6.07, 6.45) is 3.60. The van der Waals surface area contributed by atoms with Crippen LogP contribution >= 0.6 is 11.6 Å². The molecule has 0 bridgehead atoms. The van der Waals surface area contributed by atoms with Crippen LogP contribution in [0.2, 0.25) is 5.02 Å². The molecule has 0 saturated carbocycles. The van der Waals surface area contributed by atoms with Crippen molar-refractivity contribution in [3.05, 3.63) is 72.0 Å². The van der Waals surface area contributed by atoms with E-state index in [0.717, 1.165) is 50.4 Å². The fourth-order valence-corrected chi connectivity index (χ4v) is 4.01. The first kappa shape index (κ1) is 19.7. The fourth-order valence-electron chi connectivity index (χ4n) is 3.82. The van der Waals surface area contributed by atoms with Crippen LogP contribution in [0.25, 0.3) is 43.8 Å². The molecule has 0 fully saturated rings. The highest BCUT2D eigenvalue weighted by Crippen LogP contribution is 2.39. The highest BCUT2D eigenvalue weighted by Gasteiger charge is 2.18. The Hall–Kier alpha value is -3.28. The smallest absolute Gasteiger partial charge is 0.223 e. The summed E-state index contributed by atoms with van der Waals surface area (Å²) in [6, 6.07) is 17.8. The lowest BCUT2D eigenvalue weighted by Crippen LogP contribution is -2.19. The molecule has 0 spiro atoms. The molecule has 0 aliphatic heterocycles. The average Bonchev–Trinajstić information content (AvgIpc) is 2.78. The van der Waals surface area contributed by atoms with Crippen LogP contribution in [0.15, 0.2) is 67.0 Å². The molecule has 3 aromatic heterocycles. The number of halogens is 1. The van der Waals surface area contributed by atoms with E-state index in [2.05, 4.69) is 16.0 Å². The molecule has 0 unspecified atom stereocenters. The Bertz CT molecular complexity index is 1420. The molecule has 0 radical (unpaired) electrons. The number of likely N-dealkylation sites (N-methyl/N-ethyl adjacent to an activating group) is 1. The summed E-state index contributed by atoms with van der Waals surface area (Å²) < 4.78 is 6.12. The van der Waals surface area contributed by atoms with Gasteiger partial charge in [0.05, 0.1) is 21.9 Å². The van der Waals surface area contributed by atoms with Crippen molar-refractivity contribution in [1.29, 1.82) is 0 Å². The number of benzene rings is 2. The minimum Gasteiger partial charge on any atom is -0.476 e. The first-order chi connectivity index (χ1) is 15.1. The number of ether oxygens (including phenoxy) is 1. The monoisotopic (exact) mass is 428 g/mol. The van der Waals surface area contributed by atoms with Crippen molar-refractivity contribution in [1.82, 2.24) is 19.9 Å². The van der Waals surface area contributed by atoms with E-state index < -0.39 is 0 Å². The lowest BCUT2D eigenvalue weighted by molar-refractivity contribution is 0.257. The highest BCUT2D eigenvalue weighted by atomic mass is 35.5. The van der Waals surface area contributed by atoms with Gasteiger partial charge in [-0.2, -0.15) is 0 Å². The van der Waals surface area contributed by atoms with E-state index in [1.165, 1.54) is 0 Å². The Morgan fingerprint density at radius 3 is 2.52 bits per heavy atom. The summed E-state index contributed by atoms with van der Waals surface area (Å²) >= 11 is 6.32. The third-order valence-corrected chi connectivity index (χ3v) is 5.52. The summed E-state index contributed by atoms with van der Waals surface area (Å²) in [7, 11) is 4.04. The quantitative estimate of drug-likeness (QED) is 0.341. The van der Waals surface area contributed by atoms with E-state index in [1.54, 1.807) is 12.4 Å². The normalized spacial score (nSPS) is 11.6. The molecule has 5 rings (SSSR count). The van der Waals surface area contributed by atoms with Crippen LogP contribution in [-0.4, -0.2) is 47.1 Å². The number of aromatic nitrogens is 3. The van der Waals surface area contributed by atoms with Crippen LogP contribution in [0, 0.1) is 0 Å². The zero-order valence-corrected chi connectivity index (χ0v) is 18.1. The molecule has 154 valence electrons. The number of hydrogen-bond acceptors (Lipinski definition) is 5. The molecule has 0 amide bonds. The maximum absolute atomic E-state index is 6.32. The molecule has 0 aliphatic rings. The summed E-state index contributed by atoms with van der Waals surface area (Å²) in [4.78, 5) is 16.4. The molecule has 31 heavy (non-hydrogen) atoms. The first-order valence-corrected chi connectivity index (χ1v) is 10.5. The Morgan fingerprint density at radius 1 is 0.903 bits per heavy atom. The van der Waals surface area contributed by atoms with Crippen LogP contribution < -0.4 is 4.74 Å². The van der Waals surface area contributed by atoms with Gasteiger partial charge in [-0.25, -0.2) is 4.98 Å². The number of hydrogen-bond donors (Lipinski definition) is 0. The van der Waals surface area contributed by atoms with Gasteiger partial charge in [-0.05, 0) is 67.7 Å². The van der Waals surface area contributed by atoms with Gasteiger partial charge in [0.25, 0.3) is 0 Å². The SMILES string of the molecule is CN(C)CCOc1nc2c3cccnc3cc(-c3cccc(Cl)c3)c2c2ncccc12. The van der Waals surface area contributed by atoms with Gasteiger partial charge in [-0.3, -0.25) is 9.97 Å². The summed E-state index contributed by atoms with van der Waals surface area (Å²) in [5, 5.41) is 3.51. The number of nitrogens with zero attached hydrogens (tertiary/aromatic N) is 4. The van der Waals surface area contributed by atoms with Crippen LogP contribution in [0.3, 0.4) is 0 Å². The summed E-state index contributed by atoms with van der Waals surface area (Å²) in [5.74, 6) is 0.589. The van der Waals surface area contributed by atoms with Crippen molar-refractivity contribution in [2.75, 3.05) is 27.2 Å². The molecule has 0 saturated heterocycles. The zero-order valence-electron chi connectivity index (χ0n) is 17.3. The minimum absolute atomic E-state index is 0.541. The zero-order chi connectivity index (χ0) is 21.4. The third kappa shape index (κ3) is 3.67. The van der Waals surface area contributed by atoms with E-state index in [4.69, 9.17) is 26.3 Å². The van der Waals surface area contributed by atoms with Gasteiger partial charge in [0, 0.05) is 34.7 Å². The summed E-state index contributed by atoms with van der Waals surface area (Å²) in [5.41, 5.74) is 4.55. The molecule has 0 atom stereocenters. The Morgan fingerprint density at radius 2 is 1.71 bits per heavy atom. The topological polar surface area (TPSA) is 51.1 Å². The predicted octanol–water partition coefficient (Wildman–Crippen LogP) is 5.59. The van der Waals surface area contributed by atoms with Crippen LogP contribution in [0.1, 0.15) is 0 Å². The number of pyridine rings is 3. The maximum Gasteiger partial charge on any atom is 0.223 e. The standard InChI is InChI=1S/C25H21ClN4O/c1-30(2)12-13-31-25-19-9-5-11-28-23(19)22-20(16-6-3-7-17(26)14-16)15-21-18(24(22)29-25)8-4-10-27-21/h3-11,14-15H,12-13H2,1-2H3. The second kappa shape index (κ2) is 8.10. The van der Waals surface area contributed by atoms with E-state index in [0.29, 0.717) is 17.5 Å².